The standard InChI is InChI=1S/C11H11BrClNO/c1-15-10-2-3-11(12)9(5-10)4-8(6-13)7-14/h2-3,5,8H,4,6H2,1H3. The summed E-state index contributed by atoms with van der Waals surface area (Å²) in [6, 6.07) is 7.87. The van der Waals surface area contributed by atoms with Gasteiger partial charge in [0.05, 0.1) is 19.1 Å². The summed E-state index contributed by atoms with van der Waals surface area (Å²) in [6.07, 6.45) is 0.637. The summed E-state index contributed by atoms with van der Waals surface area (Å²) in [6.45, 7) is 0. The van der Waals surface area contributed by atoms with Crippen molar-refractivity contribution in [2.24, 2.45) is 5.92 Å². The quantitative estimate of drug-likeness (QED) is 0.796. The molecule has 0 fully saturated rings. The third-order valence-electron chi connectivity index (χ3n) is 2.09. The highest BCUT2D eigenvalue weighted by molar-refractivity contribution is 9.10. The number of nitriles is 1. The molecule has 0 amide bonds. The number of benzene rings is 1. The molecule has 4 heteroatoms. The van der Waals surface area contributed by atoms with Gasteiger partial charge in [0.25, 0.3) is 0 Å². The van der Waals surface area contributed by atoms with Crippen LogP contribution in [0.1, 0.15) is 5.56 Å². The molecule has 0 saturated heterocycles. The molecule has 0 N–H and O–H groups in total. The van der Waals surface area contributed by atoms with E-state index >= 15 is 0 Å². The molecule has 1 unspecified atom stereocenters. The monoisotopic (exact) mass is 287 g/mol. The van der Waals surface area contributed by atoms with E-state index in [1.54, 1.807) is 7.11 Å². The average Bonchev–Trinajstić information content (AvgIpc) is 2.28. The Labute approximate surface area is 103 Å². The fourth-order valence-electron chi connectivity index (χ4n) is 1.23. The van der Waals surface area contributed by atoms with Crippen molar-refractivity contribution >= 4 is 27.5 Å². The first kappa shape index (κ1) is 12.4. The number of hydrogen-bond acceptors (Lipinski definition) is 2. The zero-order chi connectivity index (χ0) is 11.3. The molecule has 0 heterocycles. The Kier molecular flexibility index (Phi) is 4.93. The SMILES string of the molecule is COc1ccc(Br)c(CC(C#N)CCl)c1. The van der Waals surface area contributed by atoms with Gasteiger partial charge in [-0.3, -0.25) is 0 Å². The second-order valence-electron chi connectivity index (χ2n) is 3.14. The lowest BCUT2D eigenvalue weighted by atomic mass is 10.0. The van der Waals surface area contributed by atoms with Crippen molar-refractivity contribution in [3.8, 4) is 11.8 Å². The van der Waals surface area contributed by atoms with E-state index in [0.29, 0.717) is 12.3 Å². The smallest absolute Gasteiger partial charge is 0.119 e. The van der Waals surface area contributed by atoms with E-state index in [9.17, 15) is 0 Å². The molecule has 0 spiro atoms. The van der Waals surface area contributed by atoms with Crippen LogP contribution in [0.25, 0.3) is 0 Å². The first-order valence-corrected chi connectivity index (χ1v) is 5.82. The molecule has 0 aliphatic carbocycles. The van der Waals surface area contributed by atoms with Crippen LogP contribution >= 0.6 is 27.5 Å². The lowest BCUT2D eigenvalue weighted by Gasteiger charge is -2.09. The number of nitrogens with zero attached hydrogens (tertiary/aromatic N) is 1. The molecule has 0 bridgehead atoms. The summed E-state index contributed by atoms with van der Waals surface area (Å²) < 4.78 is 6.10. The van der Waals surface area contributed by atoms with Crippen molar-refractivity contribution in [2.75, 3.05) is 13.0 Å². The molecule has 80 valence electrons. The summed E-state index contributed by atoms with van der Waals surface area (Å²) in [5.74, 6) is 0.981. The lowest BCUT2D eigenvalue weighted by Crippen LogP contribution is -2.04. The molecular formula is C11H11BrClNO. The Balaban J connectivity index is 2.88. The second kappa shape index (κ2) is 5.99. The van der Waals surface area contributed by atoms with Gasteiger partial charge >= 0.3 is 0 Å². The highest BCUT2D eigenvalue weighted by Crippen LogP contribution is 2.25. The fourth-order valence-corrected chi connectivity index (χ4v) is 1.82. The molecule has 1 aromatic rings. The summed E-state index contributed by atoms with van der Waals surface area (Å²) in [5, 5.41) is 8.82. The second-order valence-corrected chi connectivity index (χ2v) is 4.30. The molecule has 0 saturated carbocycles. The van der Waals surface area contributed by atoms with Crippen LogP contribution in [0.4, 0.5) is 0 Å². The Morgan fingerprint density at radius 1 is 1.60 bits per heavy atom. The first-order chi connectivity index (χ1) is 7.21. The Bertz CT molecular complexity index is 375. The van der Waals surface area contributed by atoms with Crippen molar-refractivity contribution in [3.05, 3.63) is 28.2 Å². The maximum atomic E-state index is 8.82. The van der Waals surface area contributed by atoms with Gasteiger partial charge in [-0.2, -0.15) is 5.26 Å². The summed E-state index contributed by atoms with van der Waals surface area (Å²) in [7, 11) is 1.62. The summed E-state index contributed by atoms with van der Waals surface area (Å²) in [4.78, 5) is 0. The molecule has 0 aromatic heterocycles. The Morgan fingerprint density at radius 2 is 2.33 bits per heavy atom. The van der Waals surface area contributed by atoms with E-state index in [4.69, 9.17) is 21.6 Å². The van der Waals surface area contributed by atoms with Gasteiger partial charge < -0.3 is 4.74 Å². The van der Waals surface area contributed by atoms with Crippen LogP contribution < -0.4 is 4.74 Å². The number of methoxy groups -OCH3 is 1. The average molecular weight is 289 g/mol. The van der Waals surface area contributed by atoms with Crippen LogP contribution in [0.2, 0.25) is 0 Å². The minimum Gasteiger partial charge on any atom is -0.497 e. The predicted molar refractivity (Wildman–Crippen MR) is 64.2 cm³/mol. The van der Waals surface area contributed by atoms with Gasteiger partial charge in [0.15, 0.2) is 0 Å². The number of ether oxygens (including phenoxy) is 1. The maximum Gasteiger partial charge on any atom is 0.119 e. The van der Waals surface area contributed by atoms with E-state index in [2.05, 4.69) is 22.0 Å². The van der Waals surface area contributed by atoms with Gasteiger partial charge in [-0.1, -0.05) is 15.9 Å². The molecule has 15 heavy (non-hydrogen) atoms. The van der Waals surface area contributed by atoms with Crippen LogP contribution in [0.3, 0.4) is 0 Å². The first-order valence-electron chi connectivity index (χ1n) is 4.49. The van der Waals surface area contributed by atoms with Crippen molar-refractivity contribution in [3.63, 3.8) is 0 Å². The highest BCUT2D eigenvalue weighted by Gasteiger charge is 2.10. The minimum absolute atomic E-state index is 0.157. The number of rotatable bonds is 4. The largest absolute Gasteiger partial charge is 0.497 e. The molecule has 0 aliphatic rings. The van der Waals surface area contributed by atoms with E-state index < -0.39 is 0 Å². The van der Waals surface area contributed by atoms with E-state index in [0.717, 1.165) is 15.8 Å². The van der Waals surface area contributed by atoms with Crippen LogP contribution in [-0.4, -0.2) is 13.0 Å². The van der Waals surface area contributed by atoms with Crippen molar-refractivity contribution in [2.45, 2.75) is 6.42 Å². The van der Waals surface area contributed by atoms with Gasteiger partial charge in [-0.15, -0.1) is 11.6 Å². The van der Waals surface area contributed by atoms with Gasteiger partial charge in [0.2, 0.25) is 0 Å². The van der Waals surface area contributed by atoms with Crippen molar-refractivity contribution in [1.82, 2.24) is 0 Å². The normalized spacial score (nSPS) is 11.9. The van der Waals surface area contributed by atoms with Crippen LogP contribution in [0.5, 0.6) is 5.75 Å². The highest BCUT2D eigenvalue weighted by atomic mass is 79.9. The van der Waals surface area contributed by atoms with Crippen molar-refractivity contribution in [1.29, 1.82) is 5.26 Å². The molecule has 1 rings (SSSR count). The fraction of sp³-hybridized carbons (Fsp3) is 0.364. The van der Waals surface area contributed by atoms with Gasteiger partial charge in [0.1, 0.15) is 5.75 Å². The van der Waals surface area contributed by atoms with E-state index in [1.165, 1.54) is 0 Å². The molecule has 1 atom stereocenters. The van der Waals surface area contributed by atoms with Gasteiger partial charge in [-0.25, -0.2) is 0 Å². The number of halogens is 2. The predicted octanol–water partition coefficient (Wildman–Crippen LogP) is 3.38. The lowest BCUT2D eigenvalue weighted by molar-refractivity contribution is 0.414. The maximum absolute atomic E-state index is 8.82. The van der Waals surface area contributed by atoms with Crippen LogP contribution in [-0.2, 0) is 6.42 Å². The van der Waals surface area contributed by atoms with Crippen LogP contribution in [0.15, 0.2) is 22.7 Å². The van der Waals surface area contributed by atoms with E-state index in [1.807, 2.05) is 18.2 Å². The molecule has 0 aliphatic heterocycles. The number of alkyl halides is 1. The molecule has 1 aromatic carbocycles. The Morgan fingerprint density at radius 3 is 2.87 bits per heavy atom. The van der Waals surface area contributed by atoms with Gasteiger partial charge in [0, 0.05) is 10.4 Å². The Hall–Kier alpha value is -0.720. The molecular weight excluding hydrogens is 277 g/mol. The zero-order valence-corrected chi connectivity index (χ0v) is 10.7. The minimum atomic E-state index is -0.157. The summed E-state index contributed by atoms with van der Waals surface area (Å²) in [5.41, 5.74) is 1.04. The molecule has 2 nitrogen and oxygen atoms in total. The summed E-state index contributed by atoms with van der Waals surface area (Å²) >= 11 is 9.11. The third-order valence-corrected chi connectivity index (χ3v) is 3.23. The van der Waals surface area contributed by atoms with E-state index in [-0.39, 0.29) is 5.92 Å². The zero-order valence-electron chi connectivity index (χ0n) is 8.34. The third kappa shape index (κ3) is 3.40. The van der Waals surface area contributed by atoms with Gasteiger partial charge in [-0.05, 0) is 30.2 Å². The topological polar surface area (TPSA) is 33.0 Å². The number of hydrogen-bond donors (Lipinski definition) is 0. The van der Waals surface area contributed by atoms with Crippen molar-refractivity contribution < 1.29 is 4.74 Å². The van der Waals surface area contributed by atoms with Crippen LogP contribution in [0, 0.1) is 17.2 Å². The molecule has 0 radical (unpaired) electrons.